The third-order valence-corrected chi connectivity index (χ3v) is 5.35. The topological polar surface area (TPSA) is 79.7 Å². The Kier molecular flexibility index (Phi) is 4.12. The van der Waals surface area contributed by atoms with Crippen molar-refractivity contribution in [3.8, 4) is 11.5 Å². The van der Waals surface area contributed by atoms with Gasteiger partial charge in [-0.1, -0.05) is 6.07 Å². The highest BCUT2D eigenvalue weighted by atomic mass is 32.1. The molecule has 26 heavy (non-hydrogen) atoms. The largest absolute Gasteiger partial charge is 0.462 e. The van der Waals surface area contributed by atoms with E-state index in [9.17, 15) is 9.59 Å². The normalized spacial score (nSPS) is 12.5. The highest BCUT2D eigenvalue weighted by Gasteiger charge is 2.20. The van der Waals surface area contributed by atoms with Crippen molar-refractivity contribution in [1.29, 1.82) is 0 Å². The molecule has 0 radical (unpaired) electrons. The Morgan fingerprint density at radius 1 is 1.35 bits per heavy atom. The summed E-state index contributed by atoms with van der Waals surface area (Å²) in [4.78, 5) is 30.3. The summed E-state index contributed by atoms with van der Waals surface area (Å²) in [6.45, 7) is 4.34. The molecule has 1 aliphatic heterocycles. The fraction of sp³-hybridized carbons (Fsp3) is 0.278. The fourth-order valence-corrected chi connectivity index (χ4v) is 3.93. The maximum absolute atomic E-state index is 12.9. The zero-order valence-electron chi connectivity index (χ0n) is 14.3. The zero-order chi connectivity index (χ0) is 18.3. The van der Waals surface area contributed by atoms with Crippen LogP contribution in [0.1, 0.15) is 27.7 Å². The molecule has 134 valence electrons. The summed E-state index contributed by atoms with van der Waals surface area (Å²) in [5.74, 6) is 0.943. The number of fused-ring (bicyclic) bond motifs is 2. The van der Waals surface area contributed by atoms with E-state index in [1.807, 2.05) is 18.2 Å². The molecule has 0 bridgehead atoms. The van der Waals surface area contributed by atoms with Crippen LogP contribution >= 0.6 is 11.3 Å². The van der Waals surface area contributed by atoms with Gasteiger partial charge >= 0.3 is 5.97 Å². The number of hydrogen-bond donors (Lipinski definition) is 0. The maximum atomic E-state index is 12.9. The molecule has 0 aliphatic carbocycles. The molecule has 0 N–H and O–H groups in total. The van der Waals surface area contributed by atoms with Gasteiger partial charge in [-0.05, 0) is 37.1 Å². The SMILES string of the molecule is CCOC(=O)c1sc2ncn(Cc3ccc4c(c3)OCO4)c(=O)c2c1C. The second-order valence-electron chi connectivity index (χ2n) is 5.82. The third-order valence-electron chi connectivity index (χ3n) is 4.17. The second-order valence-corrected chi connectivity index (χ2v) is 6.82. The summed E-state index contributed by atoms with van der Waals surface area (Å²) in [6, 6.07) is 5.56. The Morgan fingerprint density at radius 3 is 2.96 bits per heavy atom. The molecule has 1 aliphatic rings. The molecule has 2 aromatic heterocycles. The molecule has 0 saturated heterocycles. The molecule has 0 saturated carbocycles. The van der Waals surface area contributed by atoms with Crippen molar-refractivity contribution in [2.24, 2.45) is 0 Å². The summed E-state index contributed by atoms with van der Waals surface area (Å²) >= 11 is 1.18. The number of esters is 1. The summed E-state index contributed by atoms with van der Waals surface area (Å²) in [7, 11) is 0. The molecule has 7 nitrogen and oxygen atoms in total. The molecule has 0 unspecified atom stereocenters. The van der Waals surface area contributed by atoms with E-state index < -0.39 is 5.97 Å². The van der Waals surface area contributed by atoms with Gasteiger partial charge in [0.15, 0.2) is 11.5 Å². The van der Waals surface area contributed by atoms with Crippen molar-refractivity contribution in [2.45, 2.75) is 20.4 Å². The Balaban J connectivity index is 1.72. The molecule has 1 aromatic carbocycles. The smallest absolute Gasteiger partial charge is 0.348 e. The Hall–Kier alpha value is -2.87. The first-order valence-corrected chi connectivity index (χ1v) is 8.94. The number of aromatic nitrogens is 2. The molecule has 8 heteroatoms. The number of hydrogen-bond acceptors (Lipinski definition) is 7. The monoisotopic (exact) mass is 372 g/mol. The first kappa shape index (κ1) is 16.6. The minimum Gasteiger partial charge on any atom is -0.462 e. The lowest BCUT2D eigenvalue weighted by molar-refractivity contribution is 0.0531. The van der Waals surface area contributed by atoms with Gasteiger partial charge in [-0.25, -0.2) is 9.78 Å². The van der Waals surface area contributed by atoms with Gasteiger partial charge in [0.2, 0.25) is 6.79 Å². The predicted molar refractivity (Wildman–Crippen MR) is 96.2 cm³/mol. The van der Waals surface area contributed by atoms with Crippen LogP contribution in [0.5, 0.6) is 11.5 Å². The minimum absolute atomic E-state index is 0.183. The number of thiophene rings is 1. The molecule has 0 spiro atoms. The lowest BCUT2D eigenvalue weighted by Crippen LogP contribution is -2.21. The van der Waals surface area contributed by atoms with Crippen LogP contribution in [0.15, 0.2) is 29.3 Å². The van der Waals surface area contributed by atoms with Crippen molar-refractivity contribution in [3.63, 3.8) is 0 Å². The van der Waals surface area contributed by atoms with Gasteiger partial charge in [0, 0.05) is 0 Å². The fourth-order valence-electron chi connectivity index (χ4n) is 2.90. The lowest BCUT2D eigenvalue weighted by atomic mass is 10.2. The number of carbonyl (C=O) groups excluding carboxylic acids is 1. The second kappa shape index (κ2) is 6.45. The first-order chi connectivity index (χ1) is 12.6. The van der Waals surface area contributed by atoms with E-state index in [2.05, 4.69) is 4.98 Å². The van der Waals surface area contributed by atoms with E-state index in [1.165, 1.54) is 22.2 Å². The van der Waals surface area contributed by atoms with Crippen LogP contribution in [-0.4, -0.2) is 28.9 Å². The highest BCUT2D eigenvalue weighted by Crippen LogP contribution is 2.33. The van der Waals surface area contributed by atoms with Crippen molar-refractivity contribution in [3.05, 3.63) is 50.9 Å². The molecule has 4 rings (SSSR count). The van der Waals surface area contributed by atoms with E-state index in [0.29, 0.717) is 38.7 Å². The van der Waals surface area contributed by atoms with E-state index in [0.717, 1.165) is 5.56 Å². The third kappa shape index (κ3) is 2.72. The van der Waals surface area contributed by atoms with Crippen LogP contribution < -0.4 is 15.0 Å². The quantitative estimate of drug-likeness (QED) is 0.655. The van der Waals surface area contributed by atoms with Crippen LogP contribution in [0, 0.1) is 6.92 Å². The van der Waals surface area contributed by atoms with Gasteiger partial charge in [0.25, 0.3) is 5.56 Å². The van der Waals surface area contributed by atoms with Crippen LogP contribution in [0.3, 0.4) is 0 Å². The number of aryl methyl sites for hydroxylation is 1. The van der Waals surface area contributed by atoms with Crippen LogP contribution in [-0.2, 0) is 11.3 Å². The van der Waals surface area contributed by atoms with Gasteiger partial charge in [0.05, 0.1) is 24.9 Å². The minimum atomic E-state index is -0.422. The van der Waals surface area contributed by atoms with E-state index in [-0.39, 0.29) is 19.0 Å². The van der Waals surface area contributed by atoms with Crippen molar-refractivity contribution >= 4 is 27.5 Å². The zero-order valence-corrected chi connectivity index (χ0v) is 15.1. The van der Waals surface area contributed by atoms with Crippen LogP contribution in [0.25, 0.3) is 10.2 Å². The summed E-state index contributed by atoms with van der Waals surface area (Å²) in [5.41, 5.74) is 1.33. The predicted octanol–water partition coefficient (Wildman–Crippen LogP) is 2.72. The highest BCUT2D eigenvalue weighted by molar-refractivity contribution is 7.20. The molecule has 3 heterocycles. The molecule has 0 amide bonds. The van der Waals surface area contributed by atoms with Crippen LogP contribution in [0.2, 0.25) is 0 Å². The summed E-state index contributed by atoms with van der Waals surface area (Å²) in [6.07, 6.45) is 1.50. The van der Waals surface area contributed by atoms with E-state index >= 15 is 0 Å². The average Bonchev–Trinajstić information content (AvgIpc) is 3.22. The Bertz CT molecular complexity index is 1070. The van der Waals surface area contributed by atoms with Crippen molar-refractivity contribution in [2.75, 3.05) is 13.4 Å². The van der Waals surface area contributed by atoms with Gasteiger partial charge in [-0.15, -0.1) is 11.3 Å². The Labute approximate surface area is 152 Å². The number of nitrogens with zero attached hydrogens (tertiary/aromatic N) is 2. The van der Waals surface area contributed by atoms with Crippen molar-refractivity contribution in [1.82, 2.24) is 9.55 Å². The number of rotatable bonds is 4. The van der Waals surface area contributed by atoms with E-state index in [1.54, 1.807) is 13.8 Å². The first-order valence-electron chi connectivity index (χ1n) is 8.12. The summed E-state index contributed by atoms with van der Waals surface area (Å²) < 4.78 is 17.3. The van der Waals surface area contributed by atoms with Gasteiger partial charge < -0.3 is 14.2 Å². The van der Waals surface area contributed by atoms with Gasteiger partial charge in [-0.2, -0.15) is 0 Å². The Morgan fingerprint density at radius 2 is 2.15 bits per heavy atom. The maximum Gasteiger partial charge on any atom is 0.348 e. The van der Waals surface area contributed by atoms with Gasteiger partial charge in [-0.3, -0.25) is 9.36 Å². The lowest BCUT2D eigenvalue weighted by Gasteiger charge is -2.06. The molecule has 0 fully saturated rings. The molecule has 0 atom stereocenters. The molecular weight excluding hydrogens is 356 g/mol. The summed E-state index contributed by atoms with van der Waals surface area (Å²) in [5, 5.41) is 0.460. The van der Waals surface area contributed by atoms with E-state index in [4.69, 9.17) is 14.2 Å². The number of carbonyl (C=O) groups is 1. The standard InChI is InChI=1S/C18H16N2O5S/c1-3-23-18(22)15-10(2)14-16(26-15)19-8-20(17(14)21)7-11-4-5-12-13(6-11)25-9-24-12/h4-6,8H,3,7,9H2,1-2H3. The molecule has 3 aromatic rings. The average molecular weight is 372 g/mol. The number of benzene rings is 1. The van der Waals surface area contributed by atoms with Crippen molar-refractivity contribution < 1.29 is 19.0 Å². The number of ether oxygens (including phenoxy) is 3. The van der Waals surface area contributed by atoms with Crippen LogP contribution in [0.4, 0.5) is 0 Å². The van der Waals surface area contributed by atoms with Gasteiger partial charge in [0.1, 0.15) is 9.71 Å². The molecular formula is C18H16N2O5S.